The normalized spacial score (nSPS) is 17.1. The summed E-state index contributed by atoms with van der Waals surface area (Å²) in [4.78, 5) is 24.6. The summed E-state index contributed by atoms with van der Waals surface area (Å²) in [5, 5.41) is 3.60. The number of nitrogens with one attached hydrogen (secondary N) is 1. The van der Waals surface area contributed by atoms with E-state index in [1.807, 2.05) is 24.3 Å². The van der Waals surface area contributed by atoms with E-state index in [0.29, 0.717) is 5.02 Å². The van der Waals surface area contributed by atoms with Crippen LogP contribution in [0, 0.1) is 5.92 Å². The Balaban J connectivity index is 1.74. The molecular formula is C21H22ClNO3. The lowest BCUT2D eigenvalue weighted by molar-refractivity contribution is -0.141. The Morgan fingerprint density at radius 2 is 1.96 bits per heavy atom. The van der Waals surface area contributed by atoms with E-state index in [1.165, 1.54) is 18.2 Å². The molecule has 0 aromatic heterocycles. The molecule has 1 amide bonds. The Morgan fingerprint density at radius 1 is 1.19 bits per heavy atom. The first-order chi connectivity index (χ1) is 12.6. The molecule has 0 bridgehead atoms. The summed E-state index contributed by atoms with van der Waals surface area (Å²) in [6, 6.07) is 15.0. The van der Waals surface area contributed by atoms with E-state index in [0.717, 1.165) is 24.8 Å². The van der Waals surface area contributed by atoms with Gasteiger partial charge in [0, 0.05) is 10.9 Å². The Hall–Kier alpha value is -2.33. The monoisotopic (exact) mass is 371 g/mol. The molecule has 0 saturated carbocycles. The minimum absolute atomic E-state index is 0.0339. The average molecular weight is 372 g/mol. The van der Waals surface area contributed by atoms with Crippen LogP contribution in [0.2, 0.25) is 5.02 Å². The van der Waals surface area contributed by atoms with E-state index in [1.54, 1.807) is 12.1 Å². The van der Waals surface area contributed by atoms with Gasteiger partial charge in [0.1, 0.15) is 0 Å². The van der Waals surface area contributed by atoms with Crippen molar-refractivity contribution >= 4 is 23.5 Å². The van der Waals surface area contributed by atoms with Gasteiger partial charge < -0.3 is 10.1 Å². The van der Waals surface area contributed by atoms with Crippen LogP contribution in [0.3, 0.4) is 0 Å². The molecule has 26 heavy (non-hydrogen) atoms. The summed E-state index contributed by atoms with van der Waals surface area (Å²) in [7, 11) is 1.34. The number of benzene rings is 2. The van der Waals surface area contributed by atoms with E-state index in [2.05, 4.69) is 17.4 Å². The predicted octanol–water partition coefficient (Wildman–Crippen LogP) is 3.87. The van der Waals surface area contributed by atoms with Gasteiger partial charge in [-0.15, -0.1) is 0 Å². The van der Waals surface area contributed by atoms with Crippen LogP contribution in [-0.2, 0) is 27.2 Å². The minimum Gasteiger partial charge on any atom is -0.469 e. The molecule has 5 heteroatoms. The number of rotatable bonds is 5. The topological polar surface area (TPSA) is 55.4 Å². The molecule has 2 aromatic carbocycles. The van der Waals surface area contributed by atoms with Crippen molar-refractivity contribution in [1.29, 1.82) is 0 Å². The van der Waals surface area contributed by atoms with Crippen LogP contribution in [0.1, 0.15) is 35.6 Å². The van der Waals surface area contributed by atoms with Gasteiger partial charge in [-0.3, -0.25) is 9.59 Å². The highest BCUT2D eigenvalue weighted by Crippen LogP contribution is 2.27. The van der Waals surface area contributed by atoms with Crippen LogP contribution in [-0.4, -0.2) is 19.0 Å². The van der Waals surface area contributed by atoms with E-state index in [4.69, 9.17) is 16.3 Å². The Bertz CT molecular complexity index is 805. The van der Waals surface area contributed by atoms with Crippen molar-refractivity contribution in [2.45, 2.75) is 31.7 Å². The van der Waals surface area contributed by atoms with Crippen LogP contribution >= 0.6 is 11.6 Å². The molecule has 0 fully saturated rings. The zero-order valence-corrected chi connectivity index (χ0v) is 15.5. The highest BCUT2D eigenvalue weighted by atomic mass is 35.5. The smallest absolute Gasteiger partial charge is 0.307 e. The van der Waals surface area contributed by atoms with Crippen LogP contribution in [0.5, 0.6) is 0 Å². The molecule has 0 radical (unpaired) electrons. The number of hydrogen-bond acceptors (Lipinski definition) is 3. The molecular weight excluding hydrogens is 350 g/mol. The third kappa shape index (κ3) is 4.44. The largest absolute Gasteiger partial charge is 0.469 e. The number of amides is 1. The van der Waals surface area contributed by atoms with Gasteiger partial charge >= 0.3 is 5.97 Å². The highest BCUT2D eigenvalue weighted by molar-refractivity contribution is 6.30. The lowest BCUT2D eigenvalue weighted by Crippen LogP contribution is -2.37. The molecule has 1 aliphatic carbocycles. The zero-order valence-electron chi connectivity index (χ0n) is 14.7. The quantitative estimate of drug-likeness (QED) is 0.812. The lowest BCUT2D eigenvalue weighted by atomic mass is 9.83. The highest BCUT2D eigenvalue weighted by Gasteiger charge is 2.27. The maximum absolute atomic E-state index is 12.9. The molecule has 3 rings (SSSR count). The lowest BCUT2D eigenvalue weighted by Gasteiger charge is -2.26. The SMILES string of the molecule is COC(=O)CC(NC(=O)C1CCc2ccccc2C1)c1cccc(Cl)c1. The molecule has 1 aliphatic rings. The van der Waals surface area contributed by atoms with Crippen molar-refractivity contribution in [1.82, 2.24) is 5.32 Å². The fourth-order valence-electron chi connectivity index (χ4n) is 3.44. The van der Waals surface area contributed by atoms with Gasteiger partial charge in [-0.2, -0.15) is 0 Å². The van der Waals surface area contributed by atoms with Gasteiger partial charge in [-0.05, 0) is 48.1 Å². The van der Waals surface area contributed by atoms with Crippen LogP contribution < -0.4 is 5.32 Å². The number of halogens is 1. The third-order valence-corrected chi connectivity index (χ3v) is 5.12. The first-order valence-electron chi connectivity index (χ1n) is 8.76. The minimum atomic E-state index is -0.453. The number of ether oxygens (including phenoxy) is 1. The molecule has 2 unspecified atom stereocenters. The molecule has 1 N–H and O–H groups in total. The maximum atomic E-state index is 12.9. The molecule has 0 saturated heterocycles. The van der Waals surface area contributed by atoms with Gasteiger partial charge in [-0.1, -0.05) is 48.0 Å². The van der Waals surface area contributed by atoms with Crippen LogP contribution in [0.4, 0.5) is 0 Å². The van der Waals surface area contributed by atoms with E-state index in [9.17, 15) is 9.59 Å². The first-order valence-corrected chi connectivity index (χ1v) is 9.14. The number of carbonyl (C=O) groups is 2. The summed E-state index contributed by atoms with van der Waals surface area (Å²) in [5.41, 5.74) is 3.34. The standard InChI is InChI=1S/C21H22ClNO3/c1-26-20(24)13-19(16-7-4-8-18(22)12-16)23-21(25)17-10-9-14-5-2-3-6-15(14)11-17/h2-8,12,17,19H,9-11,13H2,1H3,(H,23,25). The van der Waals surface area contributed by atoms with Crippen molar-refractivity contribution in [2.75, 3.05) is 7.11 Å². The number of methoxy groups -OCH3 is 1. The fraction of sp³-hybridized carbons (Fsp3) is 0.333. The van der Waals surface area contributed by atoms with Gasteiger partial charge in [0.15, 0.2) is 0 Å². The predicted molar refractivity (Wildman–Crippen MR) is 101 cm³/mol. The van der Waals surface area contributed by atoms with Gasteiger partial charge in [0.25, 0.3) is 0 Å². The summed E-state index contributed by atoms with van der Waals surface area (Å²) >= 11 is 6.07. The van der Waals surface area contributed by atoms with Gasteiger partial charge in [-0.25, -0.2) is 0 Å². The molecule has 4 nitrogen and oxygen atoms in total. The summed E-state index contributed by atoms with van der Waals surface area (Å²) < 4.78 is 4.78. The van der Waals surface area contributed by atoms with Crippen molar-refractivity contribution < 1.29 is 14.3 Å². The Labute approximate surface area is 158 Å². The molecule has 0 aliphatic heterocycles. The Kier molecular flexibility index (Phi) is 5.94. The molecule has 2 aromatic rings. The third-order valence-electron chi connectivity index (χ3n) is 4.88. The van der Waals surface area contributed by atoms with E-state index < -0.39 is 6.04 Å². The van der Waals surface area contributed by atoms with Crippen molar-refractivity contribution in [2.24, 2.45) is 5.92 Å². The number of esters is 1. The summed E-state index contributed by atoms with van der Waals surface area (Å²) in [6.45, 7) is 0. The van der Waals surface area contributed by atoms with E-state index in [-0.39, 0.29) is 24.2 Å². The second-order valence-corrected chi connectivity index (χ2v) is 7.04. The number of aryl methyl sites for hydroxylation is 1. The number of hydrogen-bond donors (Lipinski definition) is 1. The second kappa shape index (κ2) is 8.37. The van der Waals surface area contributed by atoms with Gasteiger partial charge in [0.2, 0.25) is 5.91 Å². The summed E-state index contributed by atoms with van der Waals surface area (Å²) in [5.74, 6) is -0.498. The average Bonchev–Trinajstić information content (AvgIpc) is 2.66. The first kappa shape index (κ1) is 18.5. The van der Waals surface area contributed by atoms with Crippen molar-refractivity contribution in [3.05, 3.63) is 70.2 Å². The van der Waals surface area contributed by atoms with Crippen LogP contribution in [0.15, 0.2) is 48.5 Å². The summed E-state index contributed by atoms with van der Waals surface area (Å²) in [6.07, 6.45) is 2.50. The second-order valence-electron chi connectivity index (χ2n) is 6.60. The van der Waals surface area contributed by atoms with Crippen LogP contribution in [0.25, 0.3) is 0 Å². The fourth-order valence-corrected chi connectivity index (χ4v) is 3.64. The number of carbonyl (C=O) groups excluding carboxylic acids is 2. The molecule has 0 heterocycles. The van der Waals surface area contributed by atoms with Crippen molar-refractivity contribution in [3.63, 3.8) is 0 Å². The van der Waals surface area contributed by atoms with E-state index >= 15 is 0 Å². The zero-order chi connectivity index (χ0) is 18.5. The molecule has 0 spiro atoms. The molecule has 136 valence electrons. The van der Waals surface area contributed by atoms with Gasteiger partial charge in [0.05, 0.1) is 19.6 Å². The number of fused-ring (bicyclic) bond motifs is 1. The Morgan fingerprint density at radius 3 is 2.69 bits per heavy atom. The molecule has 2 atom stereocenters. The maximum Gasteiger partial charge on any atom is 0.307 e. The van der Waals surface area contributed by atoms with Crippen molar-refractivity contribution in [3.8, 4) is 0 Å².